The number of pyridine rings is 1. The topological polar surface area (TPSA) is 80.2 Å². The van der Waals surface area contributed by atoms with Gasteiger partial charge < -0.3 is 15.2 Å². The Labute approximate surface area is 179 Å². The minimum absolute atomic E-state index is 0.246. The van der Waals surface area contributed by atoms with E-state index in [1.54, 1.807) is 24.6 Å². The van der Waals surface area contributed by atoms with Gasteiger partial charge in [-0.05, 0) is 26.3 Å². The van der Waals surface area contributed by atoms with Crippen LogP contribution in [0.25, 0.3) is 31.7 Å². The molecule has 5 rings (SSSR count). The van der Waals surface area contributed by atoms with Crippen LogP contribution >= 0.6 is 11.3 Å². The van der Waals surface area contributed by atoms with Crippen molar-refractivity contribution < 1.29 is 9.84 Å². The van der Waals surface area contributed by atoms with E-state index in [0.717, 1.165) is 49.5 Å². The molecule has 0 spiro atoms. The molecule has 2 N–H and O–H groups in total. The largest absolute Gasteiger partial charge is 0.392 e. The van der Waals surface area contributed by atoms with E-state index in [9.17, 15) is 5.11 Å². The first-order valence-corrected chi connectivity index (χ1v) is 10.9. The van der Waals surface area contributed by atoms with Crippen LogP contribution in [0.5, 0.6) is 0 Å². The molecule has 4 aromatic rings. The van der Waals surface area contributed by atoms with Crippen molar-refractivity contribution in [2.75, 3.05) is 11.9 Å². The number of rotatable bonds is 4. The lowest BCUT2D eigenvalue weighted by Gasteiger charge is -2.33. The Morgan fingerprint density at radius 3 is 2.77 bits per heavy atom. The number of aliphatic hydroxyl groups excluding tert-OH is 1. The smallest absolute Gasteiger partial charge is 0.147 e. The maximum absolute atomic E-state index is 9.67. The number of ether oxygens (including phenoxy) is 1. The van der Waals surface area contributed by atoms with Crippen molar-refractivity contribution in [2.45, 2.75) is 45.5 Å². The van der Waals surface area contributed by atoms with Gasteiger partial charge in [0.15, 0.2) is 0 Å². The highest BCUT2D eigenvalue weighted by Gasteiger charge is 2.32. The van der Waals surface area contributed by atoms with E-state index in [4.69, 9.17) is 9.72 Å². The number of hydrogen-bond donors (Lipinski definition) is 2. The molecule has 0 bridgehead atoms. The molecule has 0 amide bonds. The fourth-order valence-corrected chi connectivity index (χ4v) is 5.14. The first-order chi connectivity index (χ1) is 14.4. The Morgan fingerprint density at radius 1 is 1.20 bits per heavy atom. The summed E-state index contributed by atoms with van der Waals surface area (Å²) in [7, 11) is 0. The van der Waals surface area contributed by atoms with Crippen molar-refractivity contribution in [3.05, 3.63) is 47.8 Å². The lowest BCUT2D eigenvalue weighted by molar-refractivity contribution is -0.0394. The lowest BCUT2D eigenvalue weighted by atomic mass is 9.88. The maximum Gasteiger partial charge on any atom is 0.147 e. The highest BCUT2D eigenvalue weighted by molar-refractivity contribution is 7.26. The molecule has 0 saturated carbocycles. The van der Waals surface area contributed by atoms with Crippen molar-refractivity contribution in [3.8, 4) is 11.3 Å². The van der Waals surface area contributed by atoms with E-state index in [1.165, 1.54) is 5.56 Å². The van der Waals surface area contributed by atoms with Gasteiger partial charge in [-0.3, -0.25) is 0 Å². The van der Waals surface area contributed by atoms with Gasteiger partial charge in [0.05, 0.1) is 34.2 Å². The summed E-state index contributed by atoms with van der Waals surface area (Å²) in [6.07, 6.45) is 1.92. The standard InChI is InChI=1S/C23H24N4O2S/c1-13(28)10-24-21-20-19(25-12-26-21)17-15-9-23(2,3)29-11-16(15)18(27-22(17)30-20)14-7-5-4-6-8-14/h4-8,12-13,28H,9-11H2,1-3H3,(H,24,25,26)/t13-/m0/s1. The highest BCUT2D eigenvalue weighted by Crippen LogP contribution is 2.43. The van der Waals surface area contributed by atoms with Crippen LogP contribution in [0.2, 0.25) is 0 Å². The monoisotopic (exact) mass is 420 g/mol. The first kappa shape index (κ1) is 19.4. The Bertz CT molecular complexity index is 1230. The summed E-state index contributed by atoms with van der Waals surface area (Å²) in [5.74, 6) is 0.741. The van der Waals surface area contributed by atoms with Gasteiger partial charge in [0.25, 0.3) is 0 Å². The second kappa shape index (κ2) is 7.27. The van der Waals surface area contributed by atoms with Crippen LogP contribution in [-0.2, 0) is 17.8 Å². The molecule has 0 radical (unpaired) electrons. The van der Waals surface area contributed by atoms with Crippen molar-refractivity contribution in [1.29, 1.82) is 0 Å². The molecule has 1 atom stereocenters. The second-order valence-corrected chi connectivity index (χ2v) is 9.42. The predicted octanol–water partition coefficient (Wildman–Crippen LogP) is 4.55. The third-order valence-corrected chi connectivity index (χ3v) is 6.52. The number of benzene rings is 1. The Kier molecular flexibility index (Phi) is 4.69. The summed E-state index contributed by atoms with van der Waals surface area (Å²) >= 11 is 1.60. The number of nitrogens with one attached hydrogen (secondary N) is 1. The van der Waals surface area contributed by atoms with Crippen molar-refractivity contribution >= 4 is 37.6 Å². The zero-order valence-corrected chi connectivity index (χ0v) is 18.1. The molecule has 1 aliphatic heterocycles. The number of aliphatic hydroxyl groups is 1. The summed E-state index contributed by atoms with van der Waals surface area (Å²) in [5, 5.41) is 14.0. The third-order valence-electron chi connectivity index (χ3n) is 5.44. The van der Waals surface area contributed by atoms with Crippen LogP contribution in [0.3, 0.4) is 0 Å². The number of aromatic nitrogens is 3. The molecule has 6 nitrogen and oxygen atoms in total. The average Bonchev–Trinajstić information content (AvgIpc) is 3.11. The van der Waals surface area contributed by atoms with Crippen LogP contribution in [0.15, 0.2) is 36.7 Å². The zero-order chi connectivity index (χ0) is 20.9. The van der Waals surface area contributed by atoms with Crippen LogP contribution < -0.4 is 5.32 Å². The second-order valence-electron chi connectivity index (χ2n) is 8.42. The molecule has 1 aliphatic rings. The van der Waals surface area contributed by atoms with Crippen LogP contribution in [0.4, 0.5) is 5.82 Å². The van der Waals surface area contributed by atoms with Crippen LogP contribution in [0, 0.1) is 0 Å². The molecule has 1 aromatic carbocycles. The maximum atomic E-state index is 9.67. The van der Waals surface area contributed by atoms with Crippen LogP contribution in [-0.4, -0.2) is 38.3 Å². The van der Waals surface area contributed by atoms with Gasteiger partial charge in [0.2, 0.25) is 0 Å². The molecule has 7 heteroatoms. The zero-order valence-electron chi connectivity index (χ0n) is 17.3. The van der Waals surface area contributed by atoms with Crippen LogP contribution in [0.1, 0.15) is 31.9 Å². The van der Waals surface area contributed by atoms with E-state index in [1.807, 2.05) is 18.2 Å². The normalized spacial score (nSPS) is 16.5. The number of fused-ring (bicyclic) bond motifs is 5. The number of nitrogens with zero attached hydrogens (tertiary/aromatic N) is 3. The lowest BCUT2D eigenvalue weighted by Crippen LogP contribution is -2.32. The summed E-state index contributed by atoms with van der Waals surface area (Å²) in [4.78, 5) is 15.1. The van der Waals surface area contributed by atoms with E-state index < -0.39 is 6.10 Å². The van der Waals surface area contributed by atoms with Gasteiger partial charge in [-0.1, -0.05) is 30.3 Å². The molecule has 30 heavy (non-hydrogen) atoms. The van der Waals surface area contributed by atoms with Gasteiger partial charge in [-0.15, -0.1) is 11.3 Å². The molecular weight excluding hydrogens is 396 g/mol. The Hall–Kier alpha value is -2.61. The van der Waals surface area contributed by atoms with Gasteiger partial charge in [0, 0.05) is 29.5 Å². The summed E-state index contributed by atoms with van der Waals surface area (Å²) < 4.78 is 7.14. The van der Waals surface area contributed by atoms with Gasteiger partial charge >= 0.3 is 0 Å². The average molecular weight is 421 g/mol. The van der Waals surface area contributed by atoms with Crippen molar-refractivity contribution in [3.63, 3.8) is 0 Å². The first-order valence-electron chi connectivity index (χ1n) is 10.1. The molecule has 0 unspecified atom stereocenters. The molecule has 0 aliphatic carbocycles. The van der Waals surface area contributed by atoms with E-state index in [-0.39, 0.29) is 5.60 Å². The molecule has 0 saturated heterocycles. The molecule has 4 heterocycles. The predicted molar refractivity (Wildman–Crippen MR) is 121 cm³/mol. The minimum atomic E-state index is -0.460. The summed E-state index contributed by atoms with van der Waals surface area (Å²) in [6.45, 7) is 6.97. The SMILES string of the molecule is C[C@H](O)CNc1ncnc2c1sc1nc(-c3ccccc3)c3c(c12)CC(C)(C)OC3. The molecular formula is C23H24N4O2S. The third kappa shape index (κ3) is 3.33. The number of anilines is 1. The van der Waals surface area contributed by atoms with Gasteiger partial charge in [-0.2, -0.15) is 0 Å². The minimum Gasteiger partial charge on any atom is -0.392 e. The van der Waals surface area contributed by atoms with E-state index in [0.29, 0.717) is 13.2 Å². The highest BCUT2D eigenvalue weighted by atomic mass is 32.1. The molecule has 0 fully saturated rings. The van der Waals surface area contributed by atoms with Gasteiger partial charge in [-0.25, -0.2) is 15.0 Å². The fourth-order valence-electron chi connectivity index (χ4n) is 4.01. The molecule has 154 valence electrons. The van der Waals surface area contributed by atoms with Gasteiger partial charge in [0.1, 0.15) is 17.0 Å². The van der Waals surface area contributed by atoms with Crippen molar-refractivity contribution in [2.24, 2.45) is 0 Å². The fraction of sp³-hybridized carbons (Fsp3) is 0.348. The number of hydrogen-bond acceptors (Lipinski definition) is 7. The number of thiophene rings is 1. The summed E-state index contributed by atoms with van der Waals surface area (Å²) in [6, 6.07) is 10.3. The quantitative estimate of drug-likeness (QED) is 0.504. The van der Waals surface area contributed by atoms with Crippen molar-refractivity contribution in [1.82, 2.24) is 15.0 Å². The Morgan fingerprint density at radius 2 is 2.00 bits per heavy atom. The summed E-state index contributed by atoms with van der Waals surface area (Å²) in [5.41, 5.74) is 5.15. The molecule has 3 aromatic heterocycles. The van der Waals surface area contributed by atoms with E-state index >= 15 is 0 Å². The Balaban J connectivity index is 1.79. The van der Waals surface area contributed by atoms with E-state index in [2.05, 4.69) is 41.3 Å².